The van der Waals surface area contributed by atoms with Gasteiger partial charge in [-0.2, -0.15) is 0 Å². The number of aliphatic hydroxyl groups excluding tert-OH is 1. The molecule has 4 nitrogen and oxygen atoms in total. The molecule has 0 aromatic heterocycles. The molecule has 3 N–H and O–H groups in total. The summed E-state index contributed by atoms with van der Waals surface area (Å²) in [6, 6.07) is -0.430. The summed E-state index contributed by atoms with van der Waals surface area (Å²) < 4.78 is 0. The van der Waals surface area contributed by atoms with Gasteiger partial charge in [-0.3, -0.25) is 4.79 Å². The molecule has 4 heteroatoms. The molecule has 1 rings (SSSR count). The second kappa shape index (κ2) is 4.75. The number of carbonyl (C=O) groups is 1. The number of hydrogen-bond donors (Lipinski definition) is 2. The van der Waals surface area contributed by atoms with Crippen LogP contribution in [0.1, 0.15) is 26.7 Å². The van der Waals surface area contributed by atoms with E-state index in [9.17, 15) is 9.90 Å². The molecule has 1 unspecified atom stereocenters. The SMILES string of the molecule is CC(C)[C@H](N)C(=O)N1CCCC(O)C1. The van der Waals surface area contributed by atoms with Gasteiger partial charge in [-0.05, 0) is 18.8 Å². The standard InChI is InChI=1S/C10H20N2O2/c1-7(2)9(11)10(14)12-5-3-4-8(13)6-12/h7-9,13H,3-6,11H2,1-2H3/t8?,9-/m0/s1. The molecule has 82 valence electrons. The molecular weight excluding hydrogens is 180 g/mol. The Balaban J connectivity index is 2.51. The summed E-state index contributed by atoms with van der Waals surface area (Å²) in [6.45, 7) is 5.04. The van der Waals surface area contributed by atoms with Gasteiger partial charge in [0, 0.05) is 13.1 Å². The summed E-state index contributed by atoms with van der Waals surface area (Å²) in [5.41, 5.74) is 5.76. The number of rotatable bonds is 2. The van der Waals surface area contributed by atoms with Gasteiger partial charge in [0.25, 0.3) is 0 Å². The molecule has 0 saturated carbocycles. The van der Waals surface area contributed by atoms with Crippen LogP contribution in [0.15, 0.2) is 0 Å². The van der Waals surface area contributed by atoms with Crippen molar-refractivity contribution in [2.45, 2.75) is 38.8 Å². The van der Waals surface area contributed by atoms with E-state index in [2.05, 4.69) is 0 Å². The largest absolute Gasteiger partial charge is 0.391 e. The Morgan fingerprint density at radius 1 is 1.57 bits per heavy atom. The third-order valence-electron chi connectivity index (χ3n) is 2.71. The van der Waals surface area contributed by atoms with Crippen molar-refractivity contribution >= 4 is 5.91 Å². The molecule has 1 fully saturated rings. The number of nitrogens with two attached hydrogens (primary N) is 1. The Morgan fingerprint density at radius 2 is 2.21 bits per heavy atom. The summed E-state index contributed by atoms with van der Waals surface area (Å²) in [4.78, 5) is 13.5. The lowest BCUT2D eigenvalue weighted by Gasteiger charge is -2.32. The normalized spacial score (nSPS) is 25.2. The molecule has 2 atom stereocenters. The zero-order valence-corrected chi connectivity index (χ0v) is 8.94. The van der Waals surface area contributed by atoms with Gasteiger partial charge in [0.2, 0.25) is 5.91 Å². The second-order valence-electron chi connectivity index (χ2n) is 4.35. The fraction of sp³-hybridized carbons (Fsp3) is 0.900. The summed E-state index contributed by atoms with van der Waals surface area (Å²) in [5.74, 6) is 0.125. The van der Waals surface area contributed by atoms with Crippen LogP contribution in [0.4, 0.5) is 0 Å². The van der Waals surface area contributed by atoms with Crippen molar-refractivity contribution in [2.24, 2.45) is 11.7 Å². The predicted octanol–water partition coefficient (Wildman–Crippen LogP) is -0.0470. The molecule has 0 spiro atoms. The first-order valence-electron chi connectivity index (χ1n) is 5.24. The lowest BCUT2D eigenvalue weighted by molar-refractivity contribution is -0.136. The Morgan fingerprint density at radius 3 is 2.71 bits per heavy atom. The minimum atomic E-state index is -0.430. The summed E-state index contributed by atoms with van der Waals surface area (Å²) in [7, 11) is 0. The van der Waals surface area contributed by atoms with E-state index in [1.807, 2.05) is 13.8 Å². The molecule has 1 aliphatic heterocycles. The van der Waals surface area contributed by atoms with Crippen LogP contribution in [0.5, 0.6) is 0 Å². The first kappa shape index (κ1) is 11.5. The Bertz CT molecular complexity index is 206. The van der Waals surface area contributed by atoms with Gasteiger partial charge in [-0.1, -0.05) is 13.8 Å². The zero-order chi connectivity index (χ0) is 10.7. The fourth-order valence-corrected chi connectivity index (χ4v) is 1.65. The number of piperidine rings is 1. The van der Waals surface area contributed by atoms with Crippen molar-refractivity contribution in [3.8, 4) is 0 Å². The molecule has 1 amide bonds. The number of nitrogens with zero attached hydrogens (tertiary/aromatic N) is 1. The highest BCUT2D eigenvalue weighted by atomic mass is 16.3. The molecule has 0 radical (unpaired) electrons. The number of aliphatic hydroxyl groups is 1. The highest BCUT2D eigenvalue weighted by Gasteiger charge is 2.27. The van der Waals surface area contributed by atoms with E-state index in [1.165, 1.54) is 0 Å². The molecule has 0 aromatic rings. The predicted molar refractivity (Wildman–Crippen MR) is 54.6 cm³/mol. The van der Waals surface area contributed by atoms with Crippen molar-refractivity contribution in [1.29, 1.82) is 0 Å². The first-order chi connectivity index (χ1) is 6.52. The topological polar surface area (TPSA) is 66.6 Å². The molecule has 14 heavy (non-hydrogen) atoms. The molecule has 1 heterocycles. The highest BCUT2D eigenvalue weighted by Crippen LogP contribution is 2.12. The van der Waals surface area contributed by atoms with E-state index in [1.54, 1.807) is 4.90 Å². The van der Waals surface area contributed by atoms with E-state index in [4.69, 9.17) is 5.73 Å². The van der Waals surface area contributed by atoms with Gasteiger partial charge >= 0.3 is 0 Å². The van der Waals surface area contributed by atoms with Gasteiger partial charge in [0.15, 0.2) is 0 Å². The Hall–Kier alpha value is -0.610. The third kappa shape index (κ3) is 2.69. The minimum absolute atomic E-state index is 0.0289. The van der Waals surface area contributed by atoms with Gasteiger partial charge in [0.05, 0.1) is 12.1 Å². The Labute approximate surface area is 85.1 Å². The maximum Gasteiger partial charge on any atom is 0.239 e. The van der Waals surface area contributed by atoms with E-state index < -0.39 is 6.04 Å². The quantitative estimate of drug-likeness (QED) is 0.657. The summed E-state index contributed by atoms with van der Waals surface area (Å²) in [6.07, 6.45) is 1.30. The second-order valence-corrected chi connectivity index (χ2v) is 4.35. The number of β-amino-alcohol motifs (C(OH)–C–C–N with tert-alkyl or cyclic N) is 1. The monoisotopic (exact) mass is 200 g/mol. The molecular formula is C10H20N2O2. The van der Waals surface area contributed by atoms with E-state index >= 15 is 0 Å². The molecule has 1 aliphatic rings. The number of carbonyl (C=O) groups excluding carboxylic acids is 1. The van der Waals surface area contributed by atoms with Crippen LogP contribution in [-0.2, 0) is 4.79 Å². The third-order valence-corrected chi connectivity index (χ3v) is 2.71. The van der Waals surface area contributed by atoms with E-state index in [0.29, 0.717) is 6.54 Å². The average Bonchev–Trinajstić information content (AvgIpc) is 2.15. The molecule has 0 aliphatic carbocycles. The van der Waals surface area contributed by atoms with Crippen LogP contribution in [0.2, 0.25) is 0 Å². The van der Waals surface area contributed by atoms with E-state index in [0.717, 1.165) is 19.4 Å². The van der Waals surface area contributed by atoms with Crippen LogP contribution in [0.25, 0.3) is 0 Å². The maximum atomic E-state index is 11.8. The van der Waals surface area contributed by atoms with Crippen molar-refractivity contribution < 1.29 is 9.90 Å². The van der Waals surface area contributed by atoms with Crippen LogP contribution < -0.4 is 5.73 Å². The smallest absolute Gasteiger partial charge is 0.239 e. The van der Waals surface area contributed by atoms with Crippen molar-refractivity contribution in [2.75, 3.05) is 13.1 Å². The maximum absolute atomic E-state index is 11.8. The number of hydrogen-bond acceptors (Lipinski definition) is 3. The summed E-state index contributed by atoms with van der Waals surface area (Å²) >= 11 is 0. The van der Waals surface area contributed by atoms with Crippen LogP contribution in [-0.4, -0.2) is 41.1 Å². The first-order valence-corrected chi connectivity index (χ1v) is 5.24. The van der Waals surface area contributed by atoms with Crippen LogP contribution in [0.3, 0.4) is 0 Å². The number of amides is 1. The van der Waals surface area contributed by atoms with Crippen LogP contribution in [0, 0.1) is 5.92 Å². The molecule has 0 aromatic carbocycles. The van der Waals surface area contributed by atoms with Crippen molar-refractivity contribution in [3.05, 3.63) is 0 Å². The van der Waals surface area contributed by atoms with Gasteiger partial charge in [-0.15, -0.1) is 0 Å². The van der Waals surface area contributed by atoms with E-state index in [-0.39, 0.29) is 17.9 Å². The number of likely N-dealkylation sites (tertiary alicyclic amines) is 1. The van der Waals surface area contributed by atoms with Crippen molar-refractivity contribution in [1.82, 2.24) is 4.90 Å². The van der Waals surface area contributed by atoms with Crippen molar-refractivity contribution in [3.63, 3.8) is 0 Å². The van der Waals surface area contributed by atoms with Crippen LogP contribution >= 0.6 is 0 Å². The highest BCUT2D eigenvalue weighted by molar-refractivity contribution is 5.82. The minimum Gasteiger partial charge on any atom is -0.391 e. The summed E-state index contributed by atoms with van der Waals surface area (Å²) in [5, 5.41) is 9.41. The molecule has 0 bridgehead atoms. The Kier molecular flexibility index (Phi) is 3.89. The molecule has 1 saturated heterocycles. The van der Waals surface area contributed by atoms with Gasteiger partial charge in [-0.25, -0.2) is 0 Å². The van der Waals surface area contributed by atoms with Gasteiger partial charge in [0.1, 0.15) is 0 Å². The zero-order valence-electron chi connectivity index (χ0n) is 8.94. The van der Waals surface area contributed by atoms with Gasteiger partial charge < -0.3 is 15.7 Å². The lowest BCUT2D eigenvalue weighted by Crippen LogP contribution is -2.51. The fourth-order valence-electron chi connectivity index (χ4n) is 1.65. The average molecular weight is 200 g/mol. The lowest BCUT2D eigenvalue weighted by atomic mass is 10.0.